The second-order valence-electron chi connectivity index (χ2n) is 5.14. The van der Waals surface area contributed by atoms with Gasteiger partial charge in [0.2, 0.25) is 5.91 Å². The molecule has 0 aliphatic carbocycles. The van der Waals surface area contributed by atoms with E-state index in [1.165, 1.54) is 12.0 Å². The number of hydrogen-bond donors (Lipinski definition) is 1. The lowest BCUT2D eigenvalue weighted by atomic mass is 10.0. The van der Waals surface area contributed by atoms with E-state index in [1.807, 2.05) is 24.1 Å². The van der Waals surface area contributed by atoms with Crippen molar-refractivity contribution in [1.29, 1.82) is 0 Å². The quantitative estimate of drug-likeness (QED) is 0.923. The molecule has 0 spiro atoms. The van der Waals surface area contributed by atoms with Gasteiger partial charge in [-0.25, -0.2) is 0 Å². The van der Waals surface area contributed by atoms with Crippen LogP contribution in [-0.4, -0.2) is 37.0 Å². The Hall–Kier alpha value is -0.870. The first-order chi connectivity index (χ1) is 9.16. The van der Waals surface area contributed by atoms with Crippen molar-refractivity contribution in [2.24, 2.45) is 0 Å². The maximum absolute atomic E-state index is 12.2. The lowest BCUT2D eigenvalue weighted by Crippen LogP contribution is -2.47. The molecule has 2 rings (SSSR count). The molecular weight excluding hydrogens is 304 g/mol. The van der Waals surface area contributed by atoms with E-state index in [2.05, 4.69) is 33.4 Å². The van der Waals surface area contributed by atoms with E-state index in [1.54, 1.807) is 0 Å². The summed E-state index contributed by atoms with van der Waals surface area (Å²) in [5, 5.41) is 3.31. The fourth-order valence-electron chi connectivity index (χ4n) is 2.39. The summed E-state index contributed by atoms with van der Waals surface area (Å²) in [4.78, 5) is 14.1. The van der Waals surface area contributed by atoms with Gasteiger partial charge in [-0.05, 0) is 43.5 Å². The number of benzene rings is 1. The first-order valence-electron chi connectivity index (χ1n) is 6.89. The molecule has 104 valence electrons. The number of piperidine rings is 1. The van der Waals surface area contributed by atoms with E-state index < -0.39 is 0 Å². The zero-order valence-corrected chi connectivity index (χ0v) is 12.9. The minimum absolute atomic E-state index is 0.0312. The van der Waals surface area contributed by atoms with Crippen molar-refractivity contribution in [2.75, 3.05) is 20.1 Å². The molecular formula is C15H21BrN2O. The minimum Gasteiger partial charge on any atom is -0.344 e. The number of amides is 1. The lowest BCUT2D eigenvalue weighted by Gasteiger charge is -2.27. The first-order valence-corrected chi connectivity index (χ1v) is 7.69. The molecule has 1 aromatic carbocycles. The number of carbonyl (C=O) groups excluding carboxylic acids is 1. The fourth-order valence-corrected chi connectivity index (χ4v) is 2.65. The molecule has 1 amide bonds. The molecule has 1 fully saturated rings. The molecule has 0 aromatic heterocycles. The van der Waals surface area contributed by atoms with Crippen molar-refractivity contribution < 1.29 is 4.79 Å². The van der Waals surface area contributed by atoms with Crippen molar-refractivity contribution in [1.82, 2.24) is 10.2 Å². The Bertz CT molecular complexity index is 413. The Labute approximate surface area is 123 Å². The summed E-state index contributed by atoms with van der Waals surface area (Å²) in [7, 11) is 1.90. The van der Waals surface area contributed by atoms with Crippen molar-refractivity contribution in [3.8, 4) is 0 Å². The average molecular weight is 325 g/mol. The Morgan fingerprint density at radius 1 is 1.37 bits per heavy atom. The molecule has 1 N–H and O–H groups in total. The molecule has 0 bridgehead atoms. The molecule has 0 saturated carbocycles. The van der Waals surface area contributed by atoms with Crippen molar-refractivity contribution >= 4 is 21.8 Å². The third-order valence-electron chi connectivity index (χ3n) is 3.63. The van der Waals surface area contributed by atoms with Gasteiger partial charge in [0.25, 0.3) is 0 Å². The molecule has 4 heteroatoms. The van der Waals surface area contributed by atoms with Crippen LogP contribution in [0.15, 0.2) is 28.7 Å². The van der Waals surface area contributed by atoms with Crippen LogP contribution in [0, 0.1) is 0 Å². The topological polar surface area (TPSA) is 32.3 Å². The molecule has 1 unspecified atom stereocenters. The standard InChI is InChI=1S/C15H21BrN2O/c1-18(15(19)14-4-2-3-10-17-14)11-9-12-5-7-13(16)8-6-12/h5-8,14,17H,2-4,9-11H2,1H3. The van der Waals surface area contributed by atoms with Crippen molar-refractivity contribution in [2.45, 2.75) is 31.7 Å². The van der Waals surface area contributed by atoms with Crippen LogP contribution in [-0.2, 0) is 11.2 Å². The van der Waals surface area contributed by atoms with Crippen LogP contribution in [0.1, 0.15) is 24.8 Å². The molecule has 1 aromatic rings. The number of carbonyl (C=O) groups is 1. The monoisotopic (exact) mass is 324 g/mol. The normalized spacial score (nSPS) is 19.2. The number of nitrogens with zero attached hydrogens (tertiary/aromatic N) is 1. The van der Waals surface area contributed by atoms with Gasteiger partial charge in [-0.15, -0.1) is 0 Å². The van der Waals surface area contributed by atoms with E-state index in [4.69, 9.17) is 0 Å². The van der Waals surface area contributed by atoms with Crippen LogP contribution in [0.3, 0.4) is 0 Å². The second kappa shape index (κ2) is 7.06. The third-order valence-corrected chi connectivity index (χ3v) is 4.16. The van der Waals surface area contributed by atoms with Crippen molar-refractivity contribution in [3.63, 3.8) is 0 Å². The summed E-state index contributed by atoms with van der Waals surface area (Å²) in [6, 6.07) is 8.31. The average Bonchev–Trinajstić information content (AvgIpc) is 2.46. The highest BCUT2D eigenvalue weighted by atomic mass is 79.9. The highest BCUT2D eigenvalue weighted by Crippen LogP contribution is 2.12. The van der Waals surface area contributed by atoms with E-state index in [0.29, 0.717) is 0 Å². The highest BCUT2D eigenvalue weighted by molar-refractivity contribution is 9.10. The van der Waals surface area contributed by atoms with Crippen LogP contribution in [0.4, 0.5) is 0 Å². The van der Waals surface area contributed by atoms with E-state index >= 15 is 0 Å². The summed E-state index contributed by atoms with van der Waals surface area (Å²) in [6.45, 7) is 1.75. The van der Waals surface area contributed by atoms with E-state index in [-0.39, 0.29) is 11.9 Å². The van der Waals surface area contributed by atoms with Crippen LogP contribution < -0.4 is 5.32 Å². The third kappa shape index (κ3) is 4.32. The summed E-state index contributed by atoms with van der Waals surface area (Å²) >= 11 is 3.43. The van der Waals surface area contributed by atoms with Gasteiger partial charge in [0.1, 0.15) is 0 Å². The second-order valence-corrected chi connectivity index (χ2v) is 6.05. The van der Waals surface area contributed by atoms with Crippen LogP contribution in [0.2, 0.25) is 0 Å². The number of hydrogen-bond acceptors (Lipinski definition) is 2. The van der Waals surface area contributed by atoms with Gasteiger partial charge in [0.05, 0.1) is 6.04 Å². The molecule has 1 aliphatic rings. The SMILES string of the molecule is CN(CCc1ccc(Br)cc1)C(=O)C1CCCCN1. The highest BCUT2D eigenvalue weighted by Gasteiger charge is 2.23. The van der Waals surface area contributed by atoms with Gasteiger partial charge in [0, 0.05) is 18.1 Å². The molecule has 19 heavy (non-hydrogen) atoms. The maximum Gasteiger partial charge on any atom is 0.239 e. The predicted molar refractivity (Wildman–Crippen MR) is 81.1 cm³/mol. The summed E-state index contributed by atoms with van der Waals surface area (Å²) < 4.78 is 1.09. The van der Waals surface area contributed by atoms with Crippen LogP contribution in [0.5, 0.6) is 0 Å². The van der Waals surface area contributed by atoms with Gasteiger partial charge in [0.15, 0.2) is 0 Å². The molecule has 1 aliphatic heterocycles. The van der Waals surface area contributed by atoms with Crippen molar-refractivity contribution in [3.05, 3.63) is 34.3 Å². The zero-order valence-electron chi connectivity index (χ0n) is 11.4. The largest absolute Gasteiger partial charge is 0.344 e. The number of nitrogens with one attached hydrogen (secondary N) is 1. The summed E-state index contributed by atoms with van der Waals surface area (Å²) in [6.07, 6.45) is 4.22. The summed E-state index contributed by atoms with van der Waals surface area (Å²) in [5.74, 6) is 0.233. The zero-order chi connectivity index (χ0) is 13.7. The predicted octanol–water partition coefficient (Wildman–Crippen LogP) is 2.59. The first kappa shape index (κ1) is 14.5. The molecule has 3 nitrogen and oxygen atoms in total. The Balaban J connectivity index is 1.81. The van der Waals surface area contributed by atoms with Gasteiger partial charge in [-0.2, -0.15) is 0 Å². The van der Waals surface area contributed by atoms with Gasteiger partial charge in [-0.1, -0.05) is 34.5 Å². The number of halogens is 1. The Morgan fingerprint density at radius 3 is 2.74 bits per heavy atom. The number of likely N-dealkylation sites (N-methyl/N-ethyl adjacent to an activating group) is 1. The van der Waals surface area contributed by atoms with E-state index in [0.717, 1.165) is 36.8 Å². The fraction of sp³-hybridized carbons (Fsp3) is 0.533. The van der Waals surface area contributed by atoms with Gasteiger partial charge in [-0.3, -0.25) is 4.79 Å². The molecule has 0 radical (unpaired) electrons. The summed E-state index contributed by atoms with van der Waals surface area (Å²) in [5.41, 5.74) is 1.26. The van der Waals surface area contributed by atoms with Crippen LogP contribution in [0.25, 0.3) is 0 Å². The molecule has 1 atom stereocenters. The minimum atomic E-state index is 0.0312. The lowest BCUT2D eigenvalue weighted by molar-refractivity contribution is -0.132. The maximum atomic E-state index is 12.2. The Kier molecular flexibility index (Phi) is 5.40. The van der Waals surface area contributed by atoms with E-state index in [9.17, 15) is 4.79 Å². The smallest absolute Gasteiger partial charge is 0.239 e. The molecule has 1 saturated heterocycles. The number of rotatable bonds is 4. The molecule has 1 heterocycles. The van der Waals surface area contributed by atoms with Crippen LogP contribution >= 0.6 is 15.9 Å². The van der Waals surface area contributed by atoms with Gasteiger partial charge < -0.3 is 10.2 Å². The Morgan fingerprint density at radius 2 is 2.11 bits per heavy atom. The van der Waals surface area contributed by atoms with Gasteiger partial charge >= 0.3 is 0 Å².